The van der Waals surface area contributed by atoms with Crippen LogP contribution in [0.3, 0.4) is 0 Å². The minimum Gasteiger partial charge on any atom is -0.126 e. The van der Waals surface area contributed by atoms with E-state index in [0.29, 0.717) is 11.3 Å². The summed E-state index contributed by atoms with van der Waals surface area (Å²) >= 11 is 1.55. The van der Waals surface area contributed by atoms with E-state index in [1.165, 1.54) is 52.6 Å². The molecule has 198 valence electrons. The van der Waals surface area contributed by atoms with Crippen molar-refractivity contribution in [3.63, 3.8) is 0 Å². The Morgan fingerprint density at radius 3 is 1.35 bits per heavy atom. The molecule has 1 atom stereocenters. The van der Waals surface area contributed by atoms with Crippen molar-refractivity contribution in [2.24, 2.45) is 11.3 Å². The third-order valence-electron chi connectivity index (χ3n) is 6.81. The molecule has 4 rings (SSSR count). The minimum atomic E-state index is 0.180. The predicted octanol–water partition coefficient (Wildman–Crippen LogP) is 10.6. The zero-order valence-corrected chi connectivity index (χ0v) is 28.6. The summed E-state index contributed by atoms with van der Waals surface area (Å²) < 4.78 is 1.51. The second-order valence-electron chi connectivity index (χ2n) is 14.1. The first-order valence-corrected chi connectivity index (χ1v) is 14.9. The molecule has 37 heavy (non-hydrogen) atoms. The molecule has 0 fully saturated rings. The summed E-state index contributed by atoms with van der Waals surface area (Å²) in [5.74, 6) is 0.522. The maximum atomic E-state index is 3.26. The zero-order valence-electron chi connectivity index (χ0n) is 26.1. The van der Waals surface area contributed by atoms with Crippen LogP contribution < -0.4 is 0 Å². The normalized spacial score (nSPS) is 15.8. The van der Waals surface area contributed by atoms with E-state index < -0.39 is 0 Å². The fourth-order valence-corrected chi connectivity index (χ4v) is 5.00. The second kappa shape index (κ2) is 11.7. The average molecular weight is 574 g/mol. The largest absolute Gasteiger partial charge is 0.126 e. The molecule has 1 aliphatic carbocycles. The maximum Gasteiger partial charge on any atom is -0.0142 e. The van der Waals surface area contributed by atoms with E-state index in [0.717, 1.165) is 0 Å². The fraction of sp³-hybridized carbons (Fsp3) is 0.500. The van der Waals surface area contributed by atoms with E-state index >= 15 is 0 Å². The van der Waals surface area contributed by atoms with Gasteiger partial charge in [-0.15, -0.1) is 39.7 Å². The Morgan fingerprint density at radius 1 is 0.730 bits per heavy atom. The molecule has 0 nitrogen and oxygen atoms in total. The van der Waals surface area contributed by atoms with Crippen LogP contribution in [-0.2, 0) is 35.1 Å². The zero-order chi connectivity index (χ0) is 28.5. The Labute approximate surface area is 243 Å². The van der Waals surface area contributed by atoms with Crippen LogP contribution in [0.5, 0.6) is 0 Å². The number of fused-ring (bicyclic) bond motifs is 3. The SMILES string of the molecule is CC1[C-]=CC(C(C)(C)C)=C1.C[C](C)=[Zr+2].Cc1cc2[cH-]c3cc(C)c(C(C)(C)C)cc3c2cc1C(C)(C)C. The number of benzene rings is 2. The molecule has 1 heteroatoms. The molecule has 0 radical (unpaired) electrons. The van der Waals surface area contributed by atoms with Crippen LogP contribution in [0.1, 0.15) is 105 Å². The van der Waals surface area contributed by atoms with Gasteiger partial charge in [0.2, 0.25) is 0 Å². The van der Waals surface area contributed by atoms with Crippen molar-refractivity contribution < 1.29 is 24.2 Å². The molecule has 0 N–H and O–H groups in total. The summed E-state index contributed by atoms with van der Waals surface area (Å²) in [5.41, 5.74) is 7.78. The van der Waals surface area contributed by atoms with Gasteiger partial charge in [0.15, 0.2) is 0 Å². The van der Waals surface area contributed by atoms with E-state index in [4.69, 9.17) is 0 Å². The second-order valence-corrected chi connectivity index (χ2v) is 16.6. The topological polar surface area (TPSA) is 0 Å². The van der Waals surface area contributed by atoms with Gasteiger partial charge in [-0.1, -0.05) is 115 Å². The van der Waals surface area contributed by atoms with E-state index in [1.807, 2.05) is 0 Å². The van der Waals surface area contributed by atoms with Gasteiger partial charge in [-0.25, -0.2) is 6.08 Å². The number of hydrogen-bond donors (Lipinski definition) is 0. The first-order chi connectivity index (χ1) is 16.7. The van der Waals surface area contributed by atoms with Gasteiger partial charge < -0.3 is 0 Å². The minimum absolute atomic E-state index is 0.180. The van der Waals surface area contributed by atoms with Crippen LogP contribution in [0.15, 0.2) is 48.1 Å². The third kappa shape index (κ3) is 8.52. The van der Waals surface area contributed by atoms with Crippen LogP contribution in [0.25, 0.3) is 21.5 Å². The Kier molecular flexibility index (Phi) is 10.1. The maximum absolute atomic E-state index is 3.26. The monoisotopic (exact) mass is 572 g/mol. The van der Waals surface area contributed by atoms with Crippen molar-refractivity contribution in [2.45, 2.75) is 108 Å². The van der Waals surface area contributed by atoms with Gasteiger partial charge in [-0.3, -0.25) is 6.08 Å². The summed E-state index contributed by atoms with van der Waals surface area (Å²) in [6.45, 7) is 31.4. The van der Waals surface area contributed by atoms with Crippen LogP contribution >= 0.6 is 0 Å². The van der Waals surface area contributed by atoms with Crippen LogP contribution in [0, 0.1) is 31.3 Å². The molecule has 0 saturated carbocycles. The molecule has 1 unspecified atom stereocenters. The molecule has 1 aliphatic rings. The van der Waals surface area contributed by atoms with Crippen LogP contribution in [0.4, 0.5) is 0 Å². The molecule has 0 spiro atoms. The Morgan fingerprint density at radius 2 is 1.11 bits per heavy atom. The fourth-order valence-electron chi connectivity index (χ4n) is 5.00. The van der Waals surface area contributed by atoms with Crippen molar-refractivity contribution in [2.75, 3.05) is 0 Å². The quantitative estimate of drug-likeness (QED) is 0.235. The van der Waals surface area contributed by atoms with Crippen molar-refractivity contribution in [1.82, 2.24) is 0 Å². The molecule has 0 amide bonds. The van der Waals surface area contributed by atoms with Crippen molar-refractivity contribution >= 4 is 24.8 Å². The standard InChI is InChI=1S/C23H29.C10H15.C3H6.Zr/c1-14-9-16-11-17-10-15(2)21(23(6,7)8)13-19(17)18(16)12-20(14)22(3,4)5;1-8-5-6-9(7-8)10(2,3)4;1-3-2;/h9-13H,1-8H3;6-8H,1-4H3;1-2H3;/q2*-1;;+2. The van der Waals surface area contributed by atoms with Gasteiger partial charge in [0.25, 0.3) is 0 Å². The van der Waals surface area contributed by atoms with Crippen molar-refractivity contribution in [1.29, 1.82) is 0 Å². The summed E-state index contributed by atoms with van der Waals surface area (Å²) in [5, 5.41) is 5.55. The Hall–Kier alpha value is -1.46. The molecule has 0 heterocycles. The van der Waals surface area contributed by atoms with E-state index in [9.17, 15) is 0 Å². The molecule has 0 aliphatic heterocycles. The number of hydrogen-bond acceptors (Lipinski definition) is 0. The van der Waals surface area contributed by atoms with Crippen molar-refractivity contribution in [3.8, 4) is 0 Å². The van der Waals surface area contributed by atoms with Crippen LogP contribution in [-0.4, -0.2) is 3.21 Å². The molecule has 0 aromatic heterocycles. The van der Waals surface area contributed by atoms with Crippen LogP contribution in [0.2, 0.25) is 0 Å². The Balaban J connectivity index is 0.000000285. The predicted molar refractivity (Wildman–Crippen MR) is 165 cm³/mol. The molecule has 3 aromatic carbocycles. The summed E-state index contributed by atoms with van der Waals surface area (Å²) in [6, 6.07) is 11.9. The summed E-state index contributed by atoms with van der Waals surface area (Å²) in [6.07, 6.45) is 7.65. The molecule has 0 saturated heterocycles. The van der Waals surface area contributed by atoms with Gasteiger partial charge in [0.1, 0.15) is 0 Å². The molecular weight excluding hydrogens is 524 g/mol. The van der Waals surface area contributed by atoms with E-state index in [-0.39, 0.29) is 10.8 Å². The molecule has 0 bridgehead atoms. The van der Waals surface area contributed by atoms with Gasteiger partial charge in [0, 0.05) is 0 Å². The first-order valence-electron chi connectivity index (χ1n) is 13.7. The van der Waals surface area contributed by atoms with Gasteiger partial charge in [-0.2, -0.15) is 11.6 Å². The van der Waals surface area contributed by atoms with Gasteiger partial charge >= 0.3 is 41.3 Å². The van der Waals surface area contributed by atoms with E-state index in [1.54, 1.807) is 24.2 Å². The van der Waals surface area contributed by atoms with Gasteiger partial charge in [0.05, 0.1) is 0 Å². The van der Waals surface area contributed by atoms with Gasteiger partial charge in [-0.05, 0) is 24.7 Å². The number of allylic oxidation sites excluding steroid dienone is 4. The van der Waals surface area contributed by atoms with E-state index in [2.05, 4.69) is 145 Å². The smallest absolute Gasteiger partial charge is 0.0142 e. The third-order valence-corrected chi connectivity index (χ3v) is 6.81. The number of rotatable bonds is 0. The summed E-state index contributed by atoms with van der Waals surface area (Å²) in [4.78, 5) is 0. The molecular formula is C36H50Zr. The summed E-state index contributed by atoms with van der Waals surface area (Å²) in [7, 11) is 0. The average Bonchev–Trinajstić information content (AvgIpc) is 3.27. The number of aryl methyl sites for hydroxylation is 2. The Bertz CT molecular complexity index is 1240. The molecule has 3 aromatic rings. The van der Waals surface area contributed by atoms with Crippen molar-refractivity contribution in [3.05, 3.63) is 76.4 Å². The first kappa shape index (κ1) is 31.8.